The molecule has 2 aliphatic rings. The molecule has 1 aromatic carbocycles. The van der Waals surface area contributed by atoms with Crippen LogP contribution in [0, 0.1) is 18.7 Å². The van der Waals surface area contributed by atoms with Gasteiger partial charge in [-0.25, -0.2) is 4.39 Å². The molecule has 0 aromatic heterocycles. The number of hydrogen-bond donors (Lipinski definition) is 1. The zero-order valence-corrected chi connectivity index (χ0v) is 13.9. The van der Waals surface area contributed by atoms with Gasteiger partial charge in [-0.3, -0.25) is 9.69 Å². The van der Waals surface area contributed by atoms with E-state index < -0.39 is 0 Å². The van der Waals surface area contributed by atoms with Crippen LogP contribution in [0.5, 0.6) is 0 Å². The second-order valence-corrected chi connectivity index (χ2v) is 6.78. The number of carbonyl (C=O) groups is 1. The molecule has 2 N–H and O–H groups in total. The number of Topliss-reactive ketones (excluding diaryl/α,β-unsaturated/α-hetero) is 1. The third-order valence-electron chi connectivity index (χ3n) is 5.24. The highest BCUT2D eigenvalue weighted by Crippen LogP contribution is 2.39. The van der Waals surface area contributed by atoms with Gasteiger partial charge in [-0.1, -0.05) is 18.6 Å². The first-order chi connectivity index (χ1) is 11.0. The molecule has 1 aliphatic carbocycles. The summed E-state index contributed by atoms with van der Waals surface area (Å²) in [5.41, 5.74) is 9.52. The minimum atomic E-state index is -0.281. The highest BCUT2D eigenvalue weighted by molar-refractivity contribution is 5.84. The van der Waals surface area contributed by atoms with Crippen molar-refractivity contribution in [2.24, 2.45) is 5.92 Å². The maximum absolute atomic E-state index is 13.5. The molecule has 2 fully saturated rings. The average Bonchev–Trinajstić information content (AvgIpc) is 3.32. The second-order valence-electron chi connectivity index (χ2n) is 6.78. The molecule has 1 aliphatic heterocycles. The number of nitrogens with zero attached hydrogens (tertiary/aromatic N) is 1. The number of likely N-dealkylation sites (tertiary alicyclic amines) is 1. The lowest BCUT2D eigenvalue weighted by molar-refractivity contribution is -0.120. The SMILES string of the molecule is CCC(=O)C1CC1N1CCC(=Cc2cc(F)cc(N)c2C)CC1. The quantitative estimate of drug-likeness (QED) is 0.864. The lowest BCUT2D eigenvalue weighted by Gasteiger charge is -2.29. The summed E-state index contributed by atoms with van der Waals surface area (Å²) in [5.74, 6) is 0.397. The molecule has 23 heavy (non-hydrogen) atoms. The molecule has 3 nitrogen and oxygen atoms in total. The van der Waals surface area contributed by atoms with Gasteiger partial charge in [0, 0.05) is 37.2 Å². The van der Waals surface area contributed by atoms with Crippen molar-refractivity contribution in [2.75, 3.05) is 18.8 Å². The first-order valence-corrected chi connectivity index (χ1v) is 8.51. The van der Waals surface area contributed by atoms with Gasteiger partial charge in [0.1, 0.15) is 11.6 Å². The number of nitrogen functional groups attached to an aromatic ring is 1. The van der Waals surface area contributed by atoms with Crippen molar-refractivity contribution in [3.63, 3.8) is 0 Å². The van der Waals surface area contributed by atoms with E-state index in [2.05, 4.69) is 11.0 Å². The van der Waals surface area contributed by atoms with E-state index in [9.17, 15) is 9.18 Å². The Morgan fingerprint density at radius 2 is 2.09 bits per heavy atom. The summed E-state index contributed by atoms with van der Waals surface area (Å²) >= 11 is 0. The number of rotatable bonds is 4. The monoisotopic (exact) mass is 316 g/mol. The van der Waals surface area contributed by atoms with Gasteiger partial charge in [-0.2, -0.15) is 0 Å². The summed E-state index contributed by atoms with van der Waals surface area (Å²) in [7, 11) is 0. The molecule has 0 amide bonds. The van der Waals surface area contributed by atoms with Gasteiger partial charge in [0.05, 0.1) is 0 Å². The topological polar surface area (TPSA) is 46.3 Å². The molecule has 2 atom stereocenters. The first kappa shape index (κ1) is 16.2. The zero-order chi connectivity index (χ0) is 16.6. The zero-order valence-electron chi connectivity index (χ0n) is 13.9. The van der Waals surface area contributed by atoms with E-state index in [-0.39, 0.29) is 11.7 Å². The summed E-state index contributed by atoms with van der Waals surface area (Å²) < 4.78 is 13.5. The smallest absolute Gasteiger partial charge is 0.137 e. The summed E-state index contributed by atoms with van der Waals surface area (Å²) in [4.78, 5) is 14.2. The Bertz CT molecular complexity index is 643. The number of carbonyl (C=O) groups excluding carboxylic acids is 1. The summed E-state index contributed by atoms with van der Waals surface area (Å²) in [5, 5.41) is 0. The van der Waals surface area contributed by atoms with Gasteiger partial charge in [0.15, 0.2) is 0 Å². The maximum Gasteiger partial charge on any atom is 0.137 e. The normalized spacial score (nSPS) is 24.6. The Morgan fingerprint density at radius 1 is 1.39 bits per heavy atom. The van der Waals surface area contributed by atoms with Gasteiger partial charge in [-0.05, 0) is 49.4 Å². The number of piperidine rings is 1. The molecule has 1 heterocycles. The highest BCUT2D eigenvalue weighted by Gasteiger charge is 2.45. The van der Waals surface area contributed by atoms with Crippen LogP contribution >= 0.6 is 0 Å². The summed E-state index contributed by atoms with van der Waals surface area (Å²) in [6.45, 7) is 5.87. The van der Waals surface area contributed by atoms with Crippen molar-refractivity contribution in [2.45, 2.75) is 45.6 Å². The molecule has 0 radical (unpaired) electrons. The fourth-order valence-electron chi connectivity index (χ4n) is 3.57. The van der Waals surface area contributed by atoms with Crippen molar-refractivity contribution in [3.8, 4) is 0 Å². The molecule has 1 saturated heterocycles. The van der Waals surface area contributed by atoms with Crippen LogP contribution in [0.1, 0.15) is 43.7 Å². The molecular weight excluding hydrogens is 291 g/mol. The van der Waals surface area contributed by atoms with Crippen molar-refractivity contribution in [3.05, 3.63) is 34.6 Å². The largest absolute Gasteiger partial charge is 0.398 e. The number of benzene rings is 1. The van der Waals surface area contributed by atoms with E-state index in [0.717, 1.165) is 43.5 Å². The Kier molecular flexibility index (Phi) is 4.53. The molecule has 124 valence electrons. The minimum Gasteiger partial charge on any atom is -0.398 e. The predicted octanol–water partition coefficient (Wildman–Crippen LogP) is 3.56. The fourth-order valence-corrected chi connectivity index (χ4v) is 3.57. The third kappa shape index (κ3) is 3.47. The fraction of sp³-hybridized carbons (Fsp3) is 0.526. The molecule has 4 heteroatoms. The van der Waals surface area contributed by atoms with E-state index in [0.29, 0.717) is 23.9 Å². The molecule has 1 saturated carbocycles. The third-order valence-corrected chi connectivity index (χ3v) is 5.24. The summed E-state index contributed by atoms with van der Waals surface area (Å²) in [6, 6.07) is 3.40. The number of anilines is 1. The van der Waals surface area contributed by atoms with Gasteiger partial charge in [0.25, 0.3) is 0 Å². The second kappa shape index (κ2) is 6.44. The van der Waals surface area contributed by atoms with Crippen LogP contribution < -0.4 is 5.73 Å². The molecular formula is C19H25FN2O. The first-order valence-electron chi connectivity index (χ1n) is 8.51. The lowest BCUT2D eigenvalue weighted by Crippen LogP contribution is -2.34. The number of halogens is 1. The Labute approximate surface area is 137 Å². The lowest BCUT2D eigenvalue weighted by atomic mass is 9.98. The van der Waals surface area contributed by atoms with Crippen LogP contribution in [-0.2, 0) is 4.79 Å². The maximum atomic E-state index is 13.5. The van der Waals surface area contributed by atoms with Crippen molar-refractivity contribution in [1.29, 1.82) is 0 Å². The number of hydrogen-bond acceptors (Lipinski definition) is 3. The van der Waals surface area contributed by atoms with Crippen molar-refractivity contribution in [1.82, 2.24) is 4.90 Å². The van der Waals surface area contributed by atoms with E-state index >= 15 is 0 Å². The Balaban J connectivity index is 1.63. The van der Waals surface area contributed by atoms with Crippen LogP contribution in [0.25, 0.3) is 6.08 Å². The van der Waals surface area contributed by atoms with E-state index in [1.807, 2.05) is 13.8 Å². The molecule has 1 aromatic rings. The van der Waals surface area contributed by atoms with Crippen LogP contribution in [0.3, 0.4) is 0 Å². The molecule has 0 bridgehead atoms. The molecule has 2 unspecified atom stereocenters. The highest BCUT2D eigenvalue weighted by atomic mass is 19.1. The van der Waals surface area contributed by atoms with Gasteiger partial charge in [-0.15, -0.1) is 0 Å². The van der Waals surface area contributed by atoms with E-state index in [1.165, 1.54) is 11.6 Å². The molecule has 0 spiro atoms. The van der Waals surface area contributed by atoms with Gasteiger partial charge < -0.3 is 5.73 Å². The minimum absolute atomic E-state index is 0.274. The van der Waals surface area contributed by atoms with Gasteiger partial charge in [0.2, 0.25) is 0 Å². The van der Waals surface area contributed by atoms with Crippen LogP contribution in [0.15, 0.2) is 17.7 Å². The Hall–Kier alpha value is -1.68. The number of nitrogens with two attached hydrogens (primary N) is 1. The van der Waals surface area contributed by atoms with Gasteiger partial charge >= 0.3 is 0 Å². The standard InChI is InChI=1S/C19H25FN2O/c1-3-19(23)16-11-18(16)22-6-4-13(5-7-22)8-14-9-15(20)10-17(21)12(14)2/h8-10,16,18H,3-7,11,21H2,1-2H3. The van der Waals surface area contributed by atoms with Crippen molar-refractivity contribution >= 4 is 17.5 Å². The van der Waals surface area contributed by atoms with Crippen LogP contribution in [-0.4, -0.2) is 29.8 Å². The van der Waals surface area contributed by atoms with Crippen LogP contribution in [0.2, 0.25) is 0 Å². The summed E-state index contributed by atoms with van der Waals surface area (Å²) in [6.07, 6.45) is 5.75. The molecule has 3 rings (SSSR count). The predicted molar refractivity (Wildman–Crippen MR) is 91.5 cm³/mol. The van der Waals surface area contributed by atoms with Crippen molar-refractivity contribution < 1.29 is 9.18 Å². The van der Waals surface area contributed by atoms with Crippen LogP contribution in [0.4, 0.5) is 10.1 Å². The number of ketones is 1. The van der Waals surface area contributed by atoms with E-state index in [1.54, 1.807) is 6.07 Å². The van der Waals surface area contributed by atoms with E-state index in [4.69, 9.17) is 5.73 Å². The average molecular weight is 316 g/mol. The Morgan fingerprint density at radius 3 is 2.74 bits per heavy atom.